The molecule has 3 aliphatic carbocycles. The smallest absolute Gasteiger partial charge is 0.0937 e. The van der Waals surface area contributed by atoms with Gasteiger partial charge in [-0.05, 0) is 133 Å². The number of hydrogen-bond acceptors (Lipinski definition) is 3. The Morgan fingerprint density at radius 2 is 0.871 bits per heavy atom. The summed E-state index contributed by atoms with van der Waals surface area (Å²) in [5.74, 6) is 0. The van der Waals surface area contributed by atoms with Crippen LogP contribution >= 0.6 is 0 Å². The van der Waals surface area contributed by atoms with Crippen LogP contribution in [0, 0.1) is 0 Å². The number of pyridine rings is 2. The van der Waals surface area contributed by atoms with Gasteiger partial charge in [-0.25, -0.2) is 0 Å². The van der Waals surface area contributed by atoms with Gasteiger partial charge < -0.3 is 9.47 Å². The lowest BCUT2D eigenvalue weighted by Gasteiger charge is -2.45. The maximum atomic E-state index is 5.48. The molecule has 0 N–H and O–H groups in total. The summed E-state index contributed by atoms with van der Waals surface area (Å²) >= 11 is 0. The van der Waals surface area contributed by atoms with Crippen molar-refractivity contribution in [2.75, 3.05) is 4.90 Å². The second-order valence-electron chi connectivity index (χ2n) is 19.2. The fraction of sp³-hybridized carbons (Fsp3) is 0.0303. The molecular formula is C66H40N4. The van der Waals surface area contributed by atoms with Crippen LogP contribution in [-0.4, -0.2) is 14.5 Å². The minimum absolute atomic E-state index is 0.510. The van der Waals surface area contributed by atoms with Crippen molar-refractivity contribution in [2.45, 2.75) is 10.8 Å². The summed E-state index contributed by atoms with van der Waals surface area (Å²) in [6.45, 7) is 0. The number of fused-ring (bicyclic) bond motifs is 22. The van der Waals surface area contributed by atoms with Crippen molar-refractivity contribution < 1.29 is 0 Å². The molecule has 16 rings (SSSR count). The van der Waals surface area contributed by atoms with E-state index in [4.69, 9.17) is 9.97 Å². The van der Waals surface area contributed by atoms with Gasteiger partial charge in [-0.15, -0.1) is 0 Å². The Balaban J connectivity index is 1.00. The third-order valence-electron chi connectivity index (χ3n) is 16.1. The van der Waals surface area contributed by atoms with E-state index in [0.717, 1.165) is 56.4 Å². The molecule has 324 valence electrons. The maximum absolute atomic E-state index is 5.48. The van der Waals surface area contributed by atoms with Crippen LogP contribution in [0.15, 0.2) is 243 Å². The molecule has 0 fully saturated rings. The molecule has 12 aromatic rings. The van der Waals surface area contributed by atoms with E-state index in [-0.39, 0.29) is 0 Å². The molecule has 1 atom stereocenters. The van der Waals surface area contributed by atoms with Gasteiger partial charge in [-0.2, -0.15) is 0 Å². The minimum Gasteiger partial charge on any atom is -0.310 e. The van der Waals surface area contributed by atoms with Crippen LogP contribution in [0.5, 0.6) is 0 Å². The first-order valence-electron chi connectivity index (χ1n) is 24.2. The summed E-state index contributed by atoms with van der Waals surface area (Å²) < 4.78 is 2.40. The Kier molecular flexibility index (Phi) is 7.45. The zero-order valence-corrected chi connectivity index (χ0v) is 37.9. The molecule has 4 aliphatic rings. The summed E-state index contributed by atoms with van der Waals surface area (Å²) in [7, 11) is 0. The third-order valence-corrected chi connectivity index (χ3v) is 16.1. The quantitative estimate of drug-likeness (QED) is 0.177. The van der Waals surface area contributed by atoms with E-state index in [9.17, 15) is 0 Å². The van der Waals surface area contributed by atoms with Gasteiger partial charge in [-0.1, -0.05) is 164 Å². The van der Waals surface area contributed by atoms with Crippen molar-refractivity contribution in [1.82, 2.24) is 14.5 Å². The van der Waals surface area contributed by atoms with Gasteiger partial charge in [0, 0.05) is 45.7 Å². The predicted octanol–water partition coefficient (Wildman–Crippen LogP) is 15.7. The number of nitrogens with zero attached hydrogens (tertiary/aromatic N) is 4. The van der Waals surface area contributed by atoms with E-state index in [1.165, 1.54) is 77.4 Å². The van der Waals surface area contributed by atoms with Gasteiger partial charge in [0.05, 0.1) is 44.6 Å². The monoisotopic (exact) mass is 888 g/mol. The number of anilines is 3. The number of para-hydroxylation sites is 4. The van der Waals surface area contributed by atoms with Crippen LogP contribution < -0.4 is 4.90 Å². The molecule has 0 amide bonds. The van der Waals surface area contributed by atoms with Crippen LogP contribution in [0.4, 0.5) is 17.1 Å². The largest absolute Gasteiger partial charge is 0.310 e. The van der Waals surface area contributed by atoms with Crippen molar-refractivity contribution in [3.8, 4) is 50.5 Å². The van der Waals surface area contributed by atoms with Crippen LogP contribution in [0.1, 0.15) is 44.5 Å². The molecule has 0 saturated heterocycles. The van der Waals surface area contributed by atoms with Gasteiger partial charge in [0.2, 0.25) is 0 Å². The molecule has 70 heavy (non-hydrogen) atoms. The number of benzene rings is 9. The topological polar surface area (TPSA) is 34.0 Å². The van der Waals surface area contributed by atoms with Crippen LogP contribution in [0.2, 0.25) is 0 Å². The summed E-state index contributed by atoms with van der Waals surface area (Å²) in [5, 5.41) is 2.49. The molecule has 0 bridgehead atoms. The van der Waals surface area contributed by atoms with E-state index in [0.29, 0.717) is 0 Å². The van der Waals surface area contributed by atoms with Gasteiger partial charge in [0.15, 0.2) is 0 Å². The van der Waals surface area contributed by atoms with E-state index >= 15 is 0 Å². The Morgan fingerprint density at radius 1 is 0.314 bits per heavy atom. The first-order chi connectivity index (χ1) is 34.7. The van der Waals surface area contributed by atoms with Crippen LogP contribution in [-0.2, 0) is 10.8 Å². The average molecular weight is 889 g/mol. The summed E-state index contributed by atoms with van der Waals surface area (Å²) in [6, 6.07) is 85.7. The SMILES string of the molecule is c1ccc(N2c3ccccc3C3(c4cc5c(cc42)C2(c4ccccc4-c4ccccc42)c2ccccc2-5)c2cccnc2-c2ncc(-c4cccc(-n5c6ccccc6c6ccccc65)c4)cc23)cc1. The molecule has 0 saturated carbocycles. The number of rotatable bonds is 3. The molecule has 4 heteroatoms. The molecule has 1 aliphatic heterocycles. The molecular weight excluding hydrogens is 849 g/mol. The summed E-state index contributed by atoms with van der Waals surface area (Å²) in [6.07, 6.45) is 3.99. The van der Waals surface area contributed by atoms with Gasteiger partial charge in [0.1, 0.15) is 0 Å². The summed E-state index contributed by atoms with van der Waals surface area (Å²) in [4.78, 5) is 13.2. The molecule has 4 heterocycles. The van der Waals surface area contributed by atoms with Crippen LogP contribution in [0.3, 0.4) is 0 Å². The lowest BCUT2D eigenvalue weighted by molar-refractivity contribution is 0.744. The van der Waals surface area contributed by atoms with Gasteiger partial charge >= 0.3 is 0 Å². The highest BCUT2D eigenvalue weighted by atomic mass is 15.2. The molecule has 9 aromatic carbocycles. The Labute approximate surface area is 405 Å². The zero-order valence-electron chi connectivity index (χ0n) is 37.9. The van der Waals surface area contributed by atoms with Gasteiger partial charge in [-0.3, -0.25) is 9.97 Å². The van der Waals surface area contributed by atoms with E-state index in [1.54, 1.807) is 0 Å². The Bertz CT molecular complexity index is 4120. The Hall–Kier alpha value is -9.12. The first-order valence-corrected chi connectivity index (χ1v) is 24.2. The molecule has 3 aromatic heterocycles. The fourth-order valence-electron chi connectivity index (χ4n) is 13.5. The predicted molar refractivity (Wildman–Crippen MR) is 284 cm³/mol. The second kappa shape index (κ2) is 13.7. The maximum Gasteiger partial charge on any atom is 0.0937 e. The minimum atomic E-state index is -0.769. The lowest BCUT2D eigenvalue weighted by atomic mass is 9.63. The fourth-order valence-corrected chi connectivity index (χ4v) is 13.5. The van der Waals surface area contributed by atoms with E-state index in [2.05, 4.69) is 246 Å². The molecule has 2 spiro atoms. The first kappa shape index (κ1) is 37.9. The third kappa shape index (κ3) is 4.61. The second-order valence-corrected chi connectivity index (χ2v) is 19.2. The van der Waals surface area contributed by atoms with Crippen molar-refractivity contribution in [3.63, 3.8) is 0 Å². The van der Waals surface area contributed by atoms with Gasteiger partial charge in [0.25, 0.3) is 0 Å². The summed E-state index contributed by atoms with van der Waals surface area (Å²) in [5.41, 5.74) is 24.7. The highest BCUT2D eigenvalue weighted by Crippen LogP contribution is 2.68. The lowest BCUT2D eigenvalue weighted by Crippen LogP contribution is -2.37. The zero-order chi connectivity index (χ0) is 45.7. The van der Waals surface area contributed by atoms with E-state index in [1.807, 2.05) is 6.20 Å². The van der Waals surface area contributed by atoms with Crippen molar-refractivity contribution in [2.24, 2.45) is 0 Å². The standard InChI is InChI=1S/C66H40N4/c1-2-19-43(20-3-1)69-61-34-15-12-30-54(61)66(57-38-50-47-24-6-11-29-53(47)65(56(50)39-62(57)69)51-27-9-4-22-45(51)46-23-5-10-28-52(46)65)55-31-17-35-67-63(55)64-58(66)37-42(40-68-64)41-18-16-21-44(36-41)70-59-32-13-7-25-48(59)49-26-8-14-33-60(49)70/h1-40H. The average Bonchev–Trinajstić information content (AvgIpc) is 4.12. The van der Waals surface area contributed by atoms with E-state index < -0.39 is 10.8 Å². The normalized spacial score (nSPS) is 15.9. The number of aromatic nitrogens is 3. The molecule has 4 nitrogen and oxygen atoms in total. The molecule has 0 radical (unpaired) electrons. The number of hydrogen-bond donors (Lipinski definition) is 0. The highest BCUT2D eigenvalue weighted by molar-refractivity contribution is 6.09. The highest BCUT2D eigenvalue weighted by Gasteiger charge is 2.57. The molecule has 1 unspecified atom stereocenters. The van der Waals surface area contributed by atoms with Crippen molar-refractivity contribution in [1.29, 1.82) is 0 Å². The Morgan fingerprint density at radius 3 is 1.59 bits per heavy atom. The van der Waals surface area contributed by atoms with Crippen molar-refractivity contribution in [3.05, 3.63) is 287 Å². The van der Waals surface area contributed by atoms with Crippen molar-refractivity contribution >= 4 is 38.9 Å². The van der Waals surface area contributed by atoms with Crippen LogP contribution in [0.25, 0.3) is 72.3 Å².